The number of para-hydroxylation sites is 1. The molecule has 0 unspecified atom stereocenters. The second-order valence-corrected chi connectivity index (χ2v) is 3.29. The molecule has 0 aliphatic heterocycles. The van der Waals surface area contributed by atoms with Gasteiger partial charge in [0.15, 0.2) is 0 Å². The maximum atomic E-state index is 12.0. The highest BCUT2D eigenvalue weighted by molar-refractivity contribution is 5.32. The Morgan fingerprint density at radius 2 is 1.67 bits per heavy atom. The van der Waals surface area contributed by atoms with Crippen LogP contribution in [0.3, 0.4) is 0 Å². The highest BCUT2D eigenvalue weighted by Crippen LogP contribution is 2.26. The number of hydrogen-bond donors (Lipinski definition) is 0. The monoisotopic (exact) mass is 255 g/mol. The third-order valence-electron chi connectivity index (χ3n) is 1.91. The van der Waals surface area contributed by atoms with Crippen LogP contribution in [-0.4, -0.2) is 11.3 Å². The smallest absolute Gasteiger partial charge is 0.457 e. The van der Waals surface area contributed by atoms with Gasteiger partial charge in [-0.05, 0) is 18.2 Å². The van der Waals surface area contributed by atoms with E-state index >= 15 is 0 Å². The molecular formula is C12H8F3NO2. The van der Waals surface area contributed by atoms with Crippen LogP contribution in [0.2, 0.25) is 0 Å². The van der Waals surface area contributed by atoms with Crippen LogP contribution >= 0.6 is 0 Å². The lowest BCUT2D eigenvalue weighted by molar-refractivity contribution is -0.276. The lowest BCUT2D eigenvalue weighted by atomic mass is 10.3. The summed E-state index contributed by atoms with van der Waals surface area (Å²) in [5.41, 5.74) is 0. The Hall–Kier alpha value is -2.24. The molecule has 0 fully saturated rings. The first-order valence-electron chi connectivity index (χ1n) is 4.98. The molecule has 94 valence electrons. The van der Waals surface area contributed by atoms with Gasteiger partial charge in [-0.1, -0.05) is 18.2 Å². The number of alkyl halides is 3. The van der Waals surface area contributed by atoms with Crippen molar-refractivity contribution in [2.75, 3.05) is 0 Å². The molecular weight excluding hydrogens is 247 g/mol. The van der Waals surface area contributed by atoms with Crippen LogP contribution in [0.25, 0.3) is 0 Å². The largest absolute Gasteiger partial charge is 0.574 e. The van der Waals surface area contributed by atoms with E-state index in [1.807, 2.05) is 0 Å². The fourth-order valence-electron chi connectivity index (χ4n) is 1.25. The Morgan fingerprint density at radius 3 is 2.33 bits per heavy atom. The number of rotatable bonds is 3. The second kappa shape index (κ2) is 4.95. The highest BCUT2D eigenvalue weighted by atomic mass is 19.4. The Labute approximate surface area is 101 Å². The predicted octanol–water partition coefficient (Wildman–Crippen LogP) is 3.77. The van der Waals surface area contributed by atoms with Crippen molar-refractivity contribution in [3.05, 3.63) is 48.7 Å². The fourth-order valence-corrected chi connectivity index (χ4v) is 1.25. The van der Waals surface area contributed by atoms with Crippen molar-refractivity contribution < 1.29 is 22.6 Å². The van der Waals surface area contributed by atoms with E-state index in [0.29, 0.717) is 5.75 Å². The first-order valence-corrected chi connectivity index (χ1v) is 4.98. The van der Waals surface area contributed by atoms with E-state index in [9.17, 15) is 13.2 Å². The van der Waals surface area contributed by atoms with Crippen LogP contribution in [0, 0.1) is 0 Å². The van der Waals surface area contributed by atoms with E-state index in [1.54, 1.807) is 30.3 Å². The zero-order valence-electron chi connectivity index (χ0n) is 9.02. The first-order chi connectivity index (χ1) is 8.53. The maximum absolute atomic E-state index is 12.0. The Kier molecular flexibility index (Phi) is 3.36. The lowest BCUT2D eigenvalue weighted by Crippen LogP contribution is -2.17. The van der Waals surface area contributed by atoms with Gasteiger partial charge in [-0.15, -0.1) is 13.2 Å². The number of hydrogen-bond acceptors (Lipinski definition) is 3. The van der Waals surface area contributed by atoms with Crippen molar-refractivity contribution in [2.24, 2.45) is 0 Å². The molecule has 2 aromatic rings. The zero-order valence-corrected chi connectivity index (χ0v) is 9.02. The third-order valence-corrected chi connectivity index (χ3v) is 1.91. The third kappa shape index (κ3) is 3.65. The van der Waals surface area contributed by atoms with Gasteiger partial charge in [0.1, 0.15) is 11.5 Å². The average Bonchev–Trinajstić information content (AvgIpc) is 2.28. The van der Waals surface area contributed by atoms with Gasteiger partial charge >= 0.3 is 6.36 Å². The van der Waals surface area contributed by atoms with Crippen LogP contribution in [0.15, 0.2) is 48.7 Å². The summed E-state index contributed by atoms with van der Waals surface area (Å²) >= 11 is 0. The molecule has 0 spiro atoms. The molecule has 1 heterocycles. The summed E-state index contributed by atoms with van der Waals surface area (Å²) in [6.45, 7) is 0. The summed E-state index contributed by atoms with van der Waals surface area (Å²) in [6, 6.07) is 11.2. The van der Waals surface area contributed by atoms with Crippen LogP contribution in [-0.2, 0) is 0 Å². The average molecular weight is 255 g/mol. The van der Waals surface area contributed by atoms with E-state index in [-0.39, 0.29) is 5.75 Å². The van der Waals surface area contributed by atoms with Crippen LogP contribution < -0.4 is 9.47 Å². The molecule has 1 aromatic carbocycles. The maximum Gasteiger partial charge on any atom is 0.574 e. The normalized spacial score (nSPS) is 11.1. The quantitative estimate of drug-likeness (QED) is 0.836. The van der Waals surface area contributed by atoms with Gasteiger partial charge in [0, 0.05) is 12.3 Å². The highest BCUT2D eigenvalue weighted by Gasteiger charge is 2.31. The summed E-state index contributed by atoms with van der Waals surface area (Å²) in [5, 5.41) is 0. The van der Waals surface area contributed by atoms with Crippen molar-refractivity contribution in [3.8, 4) is 17.4 Å². The van der Waals surface area contributed by atoms with E-state index in [1.165, 1.54) is 12.3 Å². The molecule has 0 atom stereocenters. The van der Waals surface area contributed by atoms with Crippen molar-refractivity contribution in [2.45, 2.75) is 6.36 Å². The standard InChI is InChI=1S/C12H8F3NO2/c13-12(14,15)18-11-8-10(6-7-16-11)17-9-4-2-1-3-5-9/h1-8H. The predicted molar refractivity (Wildman–Crippen MR) is 57.4 cm³/mol. The Balaban J connectivity index is 2.13. The topological polar surface area (TPSA) is 31.4 Å². The van der Waals surface area contributed by atoms with Gasteiger partial charge < -0.3 is 9.47 Å². The number of nitrogens with zero attached hydrogens (tertiary/aromatic N) is 1. The van der Waals surface area contributed by atoms with Gasteiger partial charge in [-0.2, -0.15) is 0 Å². The van der Waals surface area contributed by atoms with Crippen molar-refractivity contribution in [1.29, 1.82) is 0 Å². The molecule has 0 saturated carbocycles. The van der Waals surface area contributed by atoms with Crippen LogP contribution in [0.5, 0.6) is 17.4 Å². The van der Waals surface area contributed by atoms with Crippen LogP contribution in [0.1, 0.15) is 0 Å². The van der Waals surface area contributed by atoms with Gasteiger partial charge in [-0.3, -0.25) is 0 Å². The summed E-state index contributed by atoms with van der Waals surface area (Å²) in [6.07, 6.45) is -3.59. The SMILES string of the molecule is FC(F)(F)Oc1cc(Oc2ccccc2)ccn1. The summed E-state index contributed by atoms with van der Waals surface area (Å²) in [5.74, 6) is 0.174. The summed E-state index contributed by atoms with van der Waals surface area (Å²) in [7, 11) is 0. The summed E-state index contributed by atoms with van der Waals surface area (Å²) < 4.78 is 45.0. The molecule has 18 heavy (non-hydrogen) atoms. The number of aromatic nitrogens is 1. The number of pyridine rings is 1. The van der Waals surface area contributed by atoms with E-state index in [0.717, 1.165) is 6.07 Å². The van der Waals surface area contributed by atoms with Gasteiger partial charge in [-0.25, -0.2) is 4.98 Å². The van der Waals surface area contributed by atoms with Gasteiger partial charge in [0.2, 0.25) is 5.88 Å². The van der Waals surface area contributed by atoms with Crippen LogP contribution in [0.4, 0.5) is 13.2 Å². The Bertz CT molecular complexity index is 514. The van der Waals surface area contributed by atoms with Crippen molar-refractivity contribution in [1.82, 2.24) is 4.98 Å². The fraction of sp³-hybridized carbons (Fsp3) is 0.0833. The Morgan fingerprint density at radius 1 is 0.944 bits per heavy atom. The van der Waals surface area contributed by atoms with Gasteiger partial charge in [0.25, 0.3) is 0 Å². The minimum atomic E-state index is -4.77. The molecule has 3 nitrogen and oxygen atoms in total. The van der Waals surface area contributed by atoms with E-state index in [4.69, 9.17) is 4.74 Å². The minimum Gasteiger partial charge on any atom is -0.457 e. The molecule has 0 amide bonds. The van der Waals surface area contributed by atoms with Crippen molar-refractivity contribution in [3.63, 3.8) is 0 Å². The molecule has 0 bridgehead atoms. The van der Waals surface area contributed by atoms with E-state index in [2.05, 4.69) is 9.72 Å². The zero-order chi connectivity index (χ0) is 13.0. The molecule has 6 heteroatoms. The molecule has 0 aliphatic carbocycles. The molecule has 0 radical (unpaired) electrons. The number of benzene rings is 1. The molecule has 1 aromatic heterocycles. The minimum absolute atomic E-state index is 0.218. The molecule has 0 aliphatic rings. The first kappa shape index (κ1) is 12.2. The second-order valence-electron chi connectivity index (χ2n) is 3.29. The van der Waals surface area contributed by atoms with Crippen molar-refractivity contribution >= 4 is 0 Å². The molecule has 0 saturated heterocycles. The van der Waals surface area contributed by atoms with E-state index < -0.39 is 12.2 Å². The number of ether oxygens (including phenoxy) is 2. The summed E-state index contributed by atoms with van der Waals surface area (Å²) in [4.78, 5) is 3.44. The van der Waals surface area contributed by atoms with Gasteiger partial charge in [0.05, 0.1) is 0 Å². The molecule has 0 N–H and O–H groups in total. The molecule has 2 rings (SSSR count). The lowest BCUT2D eigenvalue weighted by Gasteiger charge is -2.09. The number of halogens is 3.